The van der Waals surface area contributed by atoms with Crippen LogP contribution in [0.2, 0.25) is 0 Å². The fraction of sp³-hybridized carbons (Fsp3) is 0.533. The zero-order valence-corrected chi connectivity index (χ0v) is 12.5. The summed E-state index contributed by atoms with van der Waals surface area (Å²) in [5.74, 6) is 2.24. The van der Waals surface area contributed by atoms with Crippen molar-refractivity contribution in [2.75, 3.05) is 33.5 Å². The van der Waals surface area contributed by atoms with Crippen LogP contribution in [0, 0.1) is 11.8 Å². The number of rotatable bonds is 5. The number of nitrogens with zero attached hydrogens (tertiary/aromatic N) is 1. The third kappa shape index (κ3) is 2.81. The molecule has 2 unspecified atom stereocenters. The Kier molecular flexibility index (Phi) is 4.06. The summed E-state index contributed by atoms with van der Waals surface area (Å²) in [4.78, 5) is 14.2. The standard InChI is InChI=1S/C15H22N2O3/c1-9-5-10(9)8-17(2)15(18)12-6-11(19-3)7-13(20-4)14(12)16/h6-7,9-10H,5,8,16H2,1-4H3. The molecule has 5 heteroatoms. The van der Waals surface area contributed by atoms with Crippen LogP contribution in [0.5, 0.6) is 11.5 Å². The molecule has 2 atom stereocenters. The minimum atomic E-state index is -0.0983. The van der Waals surface area contributed by atoms with Crippen LogP contribution in [0.25, 0.3) is 0 Å². The Balaban J connectivity index is 2.23. The third-order valence-electron chi connectivity index (χ3n) is 3.93. The molecular formula is C15H22N2O3. The van der Waals surface area contributed by atoms with Crippen molar-refractivity contribution in [3.05, 3.63) is 17.7 Å². The van der Waals surface area contributed by atoms with Gasteiger partial charge in [0.05, 0.1) is 25.5 Å². The topological polar surface area (TPSA) is 64.8 Å². The minimum Gasteiger partial charge on any atom is -0.497 e. The lowest BCUT2D eigenvalue weighted by Gasteiger charge is -2.19. The molecule has 1 aliphatic carbocycles. The zero-order valence-electron chi connectivity index (χ0n) is 12.5. The second-order valence-electron chi connectivity index (χ2n) is 5.45. The quantitative estimate of drug-likeness (QED) is 0.837. The predicted molar refractivity (Wildman–Crippen MR) is 78.2 cm³/mol. The van der Waals surface area contributed by atoms with E-state index >= 15 is 0 Å². The minimum absolute atomic E-state index is 0.0983. The maximum Gasteiger partial charge on any atom is 0.255 e. The van der Waals surface area contributed by atoms with Crippen LogP contribution in [0.3, 0.4) is 0 Å². The monoisotopic (exact) mass is 278 g/mol. The van der Waals surface area contributed by atoms with Gasteiger partial charge in [-0.2, -0.15) is 0 Å². The molecule has 0 saturated heterocycles. The summed E-state index contributed by atoms with van der Waals surface area (Å²) >= 11 is 0. The van der Waals surface area contributed by atoms with Crippen LogP contribution in [-0.4, -0.2) is 38.6 Å². The Morgan fingerprint density at radius 3 is 2.55 bits per heavy atom. The summed E-state index contributed by atoms with van der Waals surface area (Å²) in [7, 11) is 4.88. The van der Waals surface area contributed by atoms with Gasteiger partial charge in [-0.25, -0.2) is 0 Å². The fourth-order valence-electron chi connectivity index (χ4n) is 2.36. The van der Waals surface area contributed by atoms with Crippen LogP contribution >= 0.6 is 0 Å². The summed E-state index contributed by atoms with van der Waals surface area (Å²) in [6.45, 7) is 2.96. The lowest BCUT2D eigenvalue weighted by Crippen LogP contribution is -2.29. The molecule has 2 rings (SSSR count). The van der Waals surface area contributed by atoms with Crippen LogP contribution in [0.1, 0.15) is 23.7 Å². The van der Waals surface area contributed by atoms with Crippen molar-refractivity contribution in [2.24, 2.45) is 11.8 Å². The van der Waals surface area contributed by atoms with E-state index in [0.717, 1.165) is 6.54 Å². The molecule has 2 N–H and O–H groups in total. The van der Waals surface area contributed by atoms with Gasteiger partial charge in [0.25, 0.3) is 5.91 Å². The lowest BCUT2D eigenvalue weighted by atomic mass is 10.1. The third-order valence-corrected chi connectivity index (χ3v) is 3.93. The molecule has 20 heavy (non-hydrogen) atoms. The van der Waals surface area contributed by atoms with E-state index in [0.29, 0.717) is 34.6 Å². The number of nitrogens with two attached hydrogens (primary N) is 1. The molecule has 1 fully saturated rings. The van der Waals surface area contributed by atoms with Crippen molar-refractivity contribution >= 4 is 11.6 Å². The van der Waals surface area contributed by atoms with Crippen molar-refractivity contribution in [3.63, 3.8) is 0 Å². The predicted octanol–water partition coefficient (Wildman–Crippen LogP) is 2.01. The number of carbonyl (C=O) groups is 1. The van der Waals surface area contributed by atoms with E-state index in [2.05, 4.69) is 6.92 Å². The first-order valence-corrected chi connectivity index (χ1v) is 6.74. The fourth-order valence-corrected chi connectivity index (χ4v) is 2.36. The molecule has 0 heterocycles. The normalized spacial score (nSPS) is 20.4. The number of nitrogen functional groups attached to an aromatic ring is 1. The van der Waals surface area contributed by atoms with Crippen molar-refractivity contribution in [3.8, 4) is 11.5 Å². The Morgan fingerprint density at radius 2 is 2.05 bits per heavy atom. The van der Waals surface area contributed by atoms with Gasteiger partial charge in [-0.15, -0.1) is 0 Å². The molecule has 5 nitrogen and oxygen atoms in total. The van der Waals surface area contributed by atoms with Gasteiger partial charge in [-0.1, -0.05) is 6.92 Å². The van der Waals surface area contributed by atoms with Crippen molar-refractivity contribution in [1.29, 1.82) is 0 Å². The summed E-state index contributed by atoms with van der Waals surface area (Å²) in [5, 5.41) is 0. The number of hydrogen-bond acceptors (Lipinski definition) is 4. The van der Waals surface area contributed by atoms with E-state index in [1.807, 2.05) is 0 Å². The number of amides is 1. The van der Waals surface area contributed by atoms with Gasteiger partial charge < -0.3 is 20.1 Å². The summed E-state index contributed by atoms with van der Waals surface area (Å²) in [6.07, 6.45) is 1.19. The molecule has 1 aromatic carbocycles. The maximum atomic E-state index is 12.5. The van der Waals surface area contributed by atoms with Gasteiger partial charge in [-0.3, -0.25) is 4.79 Å². The summed E-state index contributed by atoms with van der Waals surface area (Å²) < 4.78 is 10.4. The number of hydrogen-bond donors (Lipinski definition) is 1. The van der Waals surface area contributed by atoms with Crippen molar-refractivity contribution < 1.29 is 14.3 Å². The number of methoxy groups -OCH3 is 2. The maximum absolute atomic E-state index is 12.5. The van der Waals surface area contributed by atoms with E-state index in [9.17, 15) is 4.79 Å². The number of benzene rings is 1. The Labute approximate surface area is 119 Å². The molecule has 0 spiro atoms. The van der Waals surface area contributed by atoms with Gasteiger partial charge >= 0.3 is 0 Å². The molecule has 0 radical (unpaired) electrons. The summed E-state index contributed by atoms with van der Waals surface area (Å²) in [5.41, 5.74) is 6.79. The first-order valence-electron chi connectivity index (χ1n) is 6.74. The molecule has 1 saturated carbocycles. The zero-order chi connectivity index (χ0) is 14.9. The highest BCUT2D eigenvalue weighted by Gasteiger charge is 2.34. The highest BCUT2D eigenvalue weighted by Crippen LogP contribution is 2.38. The first-order chi connectivity index (χ1) is 9.47. The average molecular weight is 278 g/mol. The van der Waals surface area contributed by atoms with E-state index in [4.69, 9.17) is 15.2 Å². The smallest absolute Gasteiger partial charge is 0.255 e. The molecule has 0 bridgehead atoms. The summed E-state index contributed by atoms with van der Waals surface area (Å²) in [6, 6.07) is 3.34. The second-order valence-corrected chi connectivity index (χ2v) is 5.45. The van der Waals surface area contributed by atoms with Gasteiger partial charge in [0.2, 0.25) is 0 Å². The average Bonchev–Trinajstić information content (AvgIpc) is 3.13. The Hall–Kier alpha value is -1.91. The van der Waals surface area contributed by atoms with Crippen LogP contribution < -0.4 is 15.2 Å². The second kappa shape index (κ2) is 5.61. The molecule has 0 aromatic heterocycles. The number of anilines is 1. The van der Waals surface area contributed by atoms with E-state index in [-0.39, 0.29) is 5.91 Å². The molecule has 1 aromatic rings. The molecular weight excluding hydrogens is 256 g/mol. The Morgan fingerprint density at radius 1 is 1.40 bits per heavy atom. The highest BCUT2D eigenvalue weighted by atomic mass is 16.5. The molecule has 1 amide bonds. The SMILES string of the molecule is COc1cc(OC)c(N)c(C(=O)N(C)CC2CC2C)c1. The Bertz CT molecular complexity index is 516. The number of carbonyl (C=O) groups excluding carboxylic acids is 1. The first kappa shape index (κ1) is 14.5. The van der Waals surface area contributed by atoms with E-state index in [1.54, 1.807) is 31.2 Å². The highest BCUT2D eigenvalue weighted by molar-refractivity contribution is 6.00. The lowest BCUT2D eigenvalue weighted by molar-refractivity contribution is 0.0787. The van der Waals surface area contributed by atoms with Gasteiger partial charge in [0, 0.05) is 19.7 Å². The van der Waals surface area contributed by atoms with Gasteiger partial charge in [-0.05, 0) is 24.3 Å². The van der Waals surface area contributed by atoms with Gasteiger partial charge in [0.15, 0.2) is 0 Å². The van der Waals surface area contributed by atoms with Crippen LogP contribution in [-0.2, 0) is 0 Å². The van der Waals surface area contributed by atoms with Crippen LogP contribution in [0.15, 0.2) is 12.1 Å². The van der Waals surface area contributed by atoms with Crippen molar-refractivity contribution in [1.82, 2.24) is 4.90 Å². The number of ether oxygens (including phenoxy) is 2. The van der Waals surface area contributed by atoms with Crippen LogP contribution in [0.4, 0.5) is 5.69 Å². The van der Waals surface area contributed by atoms with Gasteiger partial charge in [0.1, 0.15) is 11.5 Å². The van der Waals surface area contributed by atoms with Crippen molar-refractivity contribution in [2.45, 2.75) is 13.3 Å². The largest absolute Gasteiger partial charge is 0.497 e. The van der Waals surface area contributed by atoms with E-state index < -0.39 is 0 Å². The van der Waals surface area contributed by atoms with E-state index in [1.165, 1.54) is 13.5 Å². The molecule has 1 aliphatic rings. The molecule has 0 aliphatic heterocycles. The molecule has 110 valence electrons.